The van der Waals surface area contributed by atoms with Gasteiger partial charge in [0.1, 0.15) is 12.1 Å². The molecule has 12 heteroatoms. The first-order chi connectivity index (χ1) is 13.0. The van der Waals surface area contributed by atoms with Gasteiger partial charge in [-0.1, -0.05) is 0 Å². The summed E-state index contributed by atoms with van der Waals surface area (Å²) in [7, 11) is 0. The molecule has 0 bridgehead atoms. The van der Waals surface area contributed by atoms with Crippen molar-refractivity contribution in [3.8, 4) is 0 Å². The lowest BCUT2D eigenvalue weighted by Crippen LogP contribution is -2.58. The quantitative estimate of drug-likeness (QED) is 0.196. The number of hydrogen-bond donors (Lipinski definition) is 7. The fraction of sp³-hybridized carbons (Fsp3) is 0.688. The molecule has 0 saturated carbocycles. The summed E-state index contributed by atoms with van der Waals surface area (Å²) >= 11 is 0. The largest absolute Gasteiger partial charge is 0.480 e. The number of primary amides is 1. The van der Waals surface area contributed by atoms with Gasteiger partial charge in [0.25, 0.3) is 0 Å². The molecule has 1 heterocycles. The minimum atomic E-state index is -1.63. The third-order valence-corrected chi connectivity index (χ3v) is 4.21. The van der Waals surface area contributed by atoms with E-state index in [0.29, 0.717) is 13.0 Å². The van der Waals surface area contributed by atoms with Gasteiger partial charge in [-0.05, 0) is 33.2 Å². The van der Waals surface area contributed by atoms with Gasteiger partial charge < -0.3 is 37.2 Å². The zero-order valence-electron chi connectivity index (χ0n) is 15.7. The van der Waals surface area contributed by atoms with E-state index in [1.54, 1.807) is 0 Å². The second-order valence-electron chi connectivity index (χ2n) is 6.68. The van der Waals surface area contributed by atoms with Crippen molar-refractivity contribution in [1.29, 1.82) is 0 Å². The predicted octanol–water partition coefficient (Wildman–Crippen LogP) is -3.45. The van der Waals surface area contributed by atoms with Gasteiger partial charge in [-0.15, -0.1) is 0 Å². The number of carboxylic acid groups (broad SMARTS) is 1. The maximum Gasteiger partial charge on any atom is 0.328 e. The number of aliphatic carboxylic acids is 1. The lowest BCUT2D eigenvalue weighted by Gasteiger charge is -2.24. The molecule has 0 aromatic rings. The molecule has 1 saturated heterocycles. The number of carbonyl (C=O) groups excluding carboxylic acids is 4. The summed E-state index contributed by atoms with van der Waals surface area (Å²) in [6, 6.07) is -4.51. The molecule has 4 amide bonds. The molecule has 1 rings (SSSR count). The van der Waals surface area contributed by atoms with Crippen molar-refractivity contribution < 1.29 is 34.2 Å². The topological polar surface area (TPSA) is 200 Å². The van der Waals surface area contributed by atoms with Crippen LogP contribution in [0.3, 0.4) is 0 Å². The molecule has 5 atom stereocenters. The van der Waals surface area contributed by atoms with Crippen molar-refractivity contribution in [2.24, 2.45) is 5.73 Å². The first kappa shape index (κ1) is 23.3. The number of carbonyl (C=O) groups is 5. The Balaban J connectivity index is 2.73. The predicted molar refractivity (Wildman–Crippen MR) is 95.6 cm³/mol. The van der Waals surface area contributed by atoms with Crippen molar-refractivity contribution >= 4 is 29.6 Å². The molecular formula is C16H27N5O7. The molecule has 12 nitrogen and oxygen atoms in total. The molecule has 0 spiro atoms. The third kappa shape index (κ3) is 7.12. The average Bonchev–Trinajstić information content (AvgIpc) is 3.12. The second-order valence-corrected chi connectivity index (χ2v) is 6.68. The molecule has 0 aromatic heterocycles. The number of amides is 4. The molecular weight excluding hydrogens is 374 g/mol. The van der Waals surface area contributed by atoms with E-state index in [1.165, 1.54) is 6.92 Å². The molecule has 1 aliphatic rings. The van der Waals surface area contributed by atoms with Crippen molar-refractivity contribution in [3.05, 3.63) is 0 Å². The Morgan fingerprint density at radius 1 is 1.11 bits per heavy atom. The van der Waals surface area contributed by atoms with Crippen LogP contribution in [0.1, 0.15) is 33.1 Å². The van der Waals surface area contributed by atoms with Crippen LogP contribution in [-0.4, -0.2) is 76.6 Å². The van der Waals surface area contributed by atoms with Gasteiger partial charge in [0.15, 0.2) is 6.04 Å². The monoisotopic (exact) mass is 401 g/mol. The number of nitrogens with two attached hydrogens (primary N) is 1. The summed E-state index contributed by atoms with van der Waals surface area (Å²) in [6.07, 6.45) is -0.520. The number of hydrogen-bond acceptors (Lipinski definition) is 7. The van der Waals surface area contributed by atoms with E-state index in [2.05, 4.69) is 16.0 Å². The zero-order chi connectivity index (χ0) is 21.4. The van der Waals surface area contributed by atoms with Crippen LogP contribution in [0.5, 0.6) is 0 Å². The lowest BCUT2D eigenvalue weighted by atomic mass is 10.1. The maximum absolute atomic E-state index is 12.3. The van der Waals surface area contributed by atoms with Crippen molar-refractivity contribution in [2.45, 2.75) is 63.4 Å². The SMILES string of the molecule is CC(NC(=O)C1CCCN1)C(=O)NC(CC(N)=O)C(=O)NC(C(=O)O)C(C)O. The van der Waals surface area contributed by atoms with Gasteiger partial charge in [-0.3, -0.25) is 19.2 Å². The normalized spacial score (nSPS) is 20.3. The highest BCUT2D eigenvalue weighted by molar-refractivity contribution is 5.96. The Morgan fingerprint density at radius 3 is 2.21 bits per heavy atom. The van der Waals surface area contributed by atoms with E-state index in [-0.39, 0.29) is 5.91 Å². The zero-order valence-corrected chi connectivity index (χ0v) is 15.7. The molecule has 0 aliphatic carbocycles. The molecule has 28 heavy (non-hydrogen) atoms. The van der Waals surface area contributed by atoms with Crippen LogP contribution < -0.4 is 27.0 Å². The van der Waals surface area contributed by atoms with Gasteiger partial charge in [0.05, 0.1) is 18.6 Å². The van der Waals surface area contributed by atoms with Gasteiger partial charge in [0, 0.05) is 0 Å². The summed E-state index contributed by atoms with van der Waals surface area (Å²) in [5.74, 6) is -4.52. The highest BCUT2D eigenvalue weighted by Gasteiger charge is 2.32. The number of aliphatic hydroxyl groups excluding tert-OH is 1. The first-order valence-electron chi connectivity index (χ1n) is 8.86. The average molecular weight is 401 g/mol. The minimum Gasteiger partial charge on any atom is -0.480 e. The van der Waals surface area contributed by atoms with Crippen molar-refractivity contribution in [2.75, 3.05) is 6.54 Å². The first-order valence-corrected chi connectivity index (χ1v) is 8.86. The summed E-state index contributed by atoms with van der Waals surface area (Å²) < 4.78 is 0. The van der Waals surface area contributed by atoms with E-state index in [0.717, 1.165) is 13.3 Å². The third-order valence-electron chi connectivity index (χ3n) is 4.21. The highest BCUT2D eigenvalue weighted by Crippen LogP contribution is 2.05. The van der Waals surface area contributed by atoms with E-state index in [4.69, 9.17) is 10.8 Å². The summed E-state index contributed by atoms with van der Waals surface area (Å²) in [6.45, 7) is 3.26. The Morgan fingerprint density at radius 2 is 1.75 bits per heavy atom. The fourth-order valence-electron chi connectivity index (χ4n) is 2.64. The Kier molecular flexibility index (Phi) is 8.79. The fourth-order valence-corrected chi connectivity index (χ4v) is 2.64. The minimum absolute atomic E-state index is 0.365. The van der Waals surface area contributed by atoms with E-state index in [1.807, 2.05) is 5.32 Å². The van der Waals surface area contributed by atoms with Crippen LogP contribution in [-0.2, 0) is 24.0 Å². The summed E-state index contributed by atoms with van der Waals surface area (Å²) in [5, 5.41) is 28.3. The Bertz CT molecular complexity index is 619. The Hall–Kier alpha value is -2.73. The molecule has 8 N–H and O–H groups in total. The number of carboxylic acids is 1. The van der Waals surface area contributed by atoms with Crippen LogP contribution in [0.25, 0.3) is 0 Å². The van der Waals surface area contributed by atoms with E-state index < -0.39 is 60.4 Å². The van der Waals surface area contributed by atoms with Gasteiger partial charge >= 0.3 is 5.97 Å². The maximum atomic E-state index is 12.3. The highest BCUT2D eigenvalue weighted by atomic mass is 16.4. The molecule has 0 radical (unpaired) electrons. The van der Waals surface area contributed by atoms with E-state index >= 15 is 0 Å². The molecule has 1 fully saturated rings. The van der Waals surface area contributed by atoms with Crippen LogP contribution in [0.4, 0.5) is 0 Å². The van der Waals surface area contributed by atoms with Gasteiger partial charge in [-0.2, -0.15) is 0 Å². The molecule has 5 unspecified atom stereocenters. The lowest BCUT2D eigenvalue weighted by molar-refractivity contribution is -0.145. The standard InChI is InChI=1S/C16H27N5O7/c1-7(19-14(25)9-4-3-5-18-9)13(24)20-10(6-11(17)23)15(26)21-12(8(2)22)16(27)28/h7-10,12,18,22H,3-6H2,1-2H3,(H2,17,23)(H,19,25)(H,20,24)(H,21,26)(H,27,28). The molecule has 1 aliphatic heterocycles. The summed E-state index contributed by atoms with van der Waals surface area (Å²) in [5.41, 5.74) is 5.08. The smallest absolute Gasteiger partial charge is 0.328 e. The van der Waals surface area contributed by atoms with Crippen LogP contribution in [0.2, 0.25) is 0 Å². The Labute approximate surface area is 161 Å². The second kappa shape index (κ2) is 10.6. The molecule has 0 aromatic carbocycles. The van der Waals surface area contributed by atoms with Gasteiger partial charge in [0.2, 0.25) is 23.6 Å². The van der Waals surface area contributed by atoms with Crippen molar-refractivity contribution in [1.82, 2.24) is 21.3 Å². The number of nitrogens with one attached hydrogen (secondary N) is 4. The molecule has 158 valence electrons. The van der Waals surface area contributed by atoms with Crippen LogP contribution in [0.15, 0.2) is 0 Å². The van der Waals surface area contributed by atoms with Crippen LogP contribution in [0, 0.1) is 0 Å². The summed E-state index contributed by atoms with van der Waals surface area (Å²) in [4.78, 5) is 58.9. The van der Waals surface area contributed by atoms with E-state index in [9.17, 15) is 29.1 Å². The van der Waals surface area contributed by atoms with Crippen molar-refractivity contribution in [3.63, 3.8) is 0 Å². The number of rotatable bonds is 10. The van der Waals surface area contributed by atoms with Gasteiger partial charge in [-0.25, -0.2) is 4.79 Å². The number of aliphatic hydroxyl groups is 1. The van der Waals surface area contributed by atoms with Crippen LogP contribution >= 0.6 is 0 Å².